The molecule has 2 aromatic carbocycles. The fourth-order valence-corrected chi connectivity index (χ4v) is 3.62. The molecule has 26 heavy (non-hydrogen) atoms. The van der Waals surface area contributed by atoms with E-state index in [9.17, 15) is 4.79 Å². The van der Waals surface area contributed by atoms with Crippen molar-refractivity contribution in [1.29, 1.82) is 0 Å². The van der Waals surface area contributed by atoms with E-state index in [2.05, 4.69) is 51.1 Å². The summed E-state index contributed by atoms with van der Waals surface area (Å²) in [5.41, 5.74) is 9.66. The van der Waals surface area contributed by atoms with E-state index >= 15 is 0 Å². The van der Waals surface area contributed by atoms with Gasteiger partial charge in [-0.15, -0.1) is 0 Å². The molecule has 0 saturated heterocycles. The van der Waals surface area contributed by atoms with Crippen LogP contribution in [0.15, 0.2) is 42.5 Å². The summed E-state index contributed by atoms with van der Waals surface area (Å²) in [5.74, 6) is 0.902. The number of carbonyl (C=O) groups is 1. The van der Waals surface area contributed by atoms with Gasteiger partial charge in [0.15, 0.2) is 0 Å². The minimum Gasteiger partial charge on any atom is -0.494 e. The van der Waals surface area contributed by atoms with Crippen LogP contribution >= 0.6 is 0 Å². The Morgan fingerprint density at radius 2 is 1.85 bits per heavy atom. The molecule has 0 saturated carbocycles. The molecule has 3 rings (SSSR count). The number of nitrogens with two attached hydrogens (primary N) is 1. The van der Waals surface area contributed by atoms with Gasteiger partial charge in [0.1, 0.15) is 11.9 Å². The monoisotopic (exact) mass is 353 g/mol. The number of rotatable bonds is 6. The van der Waals surface area contributed by atoms with Crippen LogP contribution in [0.25, 0.3) is 11.1 Å². The SMILES string of the molecule is CCCCOc1ccc(-c2ccc3c(c2)CC(C)(C)C3OC(N)=O)cc1. The van der Waals surface area contributed by atoms with Gasteiger partial charge in [-0.1, -0.05) is 57.5 Å². The van der Waals surface area contributed by atoms with Crippen LogP contribution in [-0.4, -0.2) is 12.7 Å². The van der Waals surface area contributed by atoms with E-state index in [4.69, 9.17) is 15.2 Å². The number of benzene rings is 2. The minimum atomic E-state index is -0.723. The highest BCUT2D eigenvalue weighted by Crippen LogP contribution is 2.48. The number of carbonyl (C=O) groups excluding carboxylic acids is 1. The minimum absolute atomic E-state index is 0.160. The Labute approximate surface area is 155 Å². The topological polar surface area (TPSA) is 61.6 Å². The zero-order valence-corrected chi connectivity index (χ0v) is 15.7. The van der Waals surface area contributed by atoms with Crippen LogP contribution in [0.2, 0.25) is 0 Å². The standard InChI is InChI=1S/C22H27NO3/c1-4-5-12-25-18-9-6-15(7-10-18)16-8-11-19-17(13-16)14-22(2,3)20(19)26-21(23)24/h6-11,13,20H,4-5,12,14H2,1-3H3,(H2,23,24). The quantitative estimate of drug-likeness (QED) is 0.721. The van der Waals surface area contributed by atoms with Crippen LogP contribution in [0.1, 0.15) is 50.8 Å². The molecule has 4 nitrogen and oxygen atoms in total. The average Bonchev–Trinajstić information content (AvgIpc) is 2.84. The van der Waals surface area contributed by atoms with Crippen molar-refractivity contribution in [2.45, 2.75) is 46.1 Å². The van der Waals surface area contributed by atoms with E-state index < -0.39 is 6.09 Å². The smallest absolute Gasteiger partial charge is 0.405 e. The molecule has 0 spiro atoms. The Hall–Kier alpha value is -2.49. The van der Waals surface area contributed by atoms with Gasteiger partial charge in [-0.05, 0) is 47.2 Å². The molecular weight excluding hydrogens is 326 g/mol. The maximum Gasteiger partial charge on any atom is 0.405 e. The predicted molar refractivity (Wildman–Crippen MR) is 103 cm³/mol. The van der Waals surface area contributed by atoms with E-state index in [1.807, 2.05) is 12.1 Å². The third-order valence-corrected chi connectivity index (χ3v) is 4.97. The fourth-order valence-electron chi connectivity index (χ4n) is 3.62. The van der Waals surface area contributed by atoms with Gasteiger partial charge in [0.25, 0.3) is 0 Å². The molecule has 1 atom stereocenters. The summed E-state index contributed by atoms with van der Waals surface area (Å²) in [5, 5.41) is 0. The van der Waals surface area contributed by atoms with Crippen molar-refractivity contribution in [2.24, 2.45) is 11.1 Å². The van der Waals surface area contributed by atoms with Gasteiger partial charge < -0.3 is 15.2 Å². The highest BCUT2D eigenvalue weighted by Gasteiger charge is 2.41. The summed E-state index contributed by atoms with van der Waals surface area (Å²) >= 11 is 0. The second-order valence-corrected chi connectivity index (χ2v) is 7.62. The molecule has 1 unspecified atom stereocenters. The van der Waals surface area contributed by atoms with Crippen LogP contribution in [0.5, 0.6) is 5.75 Å². The van der Waals surface area contributed by atoms with E-state index in [0.29, 0.717) is 0 Å². The highest BCUT2D eigenvalue weighted by molar-refractivity contribution is 5.68. The third-order valence-electron chi connectivity index (χ3n) is 4.97. The number of hydrogen-bond acceptors (Lipinski definition) is 3. The summed E-state index contributed by atoms with van der Waals surface area (Å²) < 4.78 is 11.1. The van der Waals surface area contributed by atoms with Gasteiger partial charge in [0.2, 0.25) is 0 Å². The van der Waals surface area contributed by atoms with Crippen LogP contribution in [0.3, 0.4) is 0 Å². The molecule has 0 heterocycles. The van der Waals surface area contributed by atoms with Crippen molar-refractivity contribution >= 4 is 6.09 Å². The van der Waals surface area contributed by atoms with E-state index in [1.54, 1.807) is 0 Å². The van der Waals surface area contributed by atoms with Crippen LogP contribution in [-0.2, 0) is 11.2 Å². The number of ether oxygens (including phenoxy) is 2. The molecule has 1 aliphatic carbocycles. The summed E-state index contributed by atoms with van der Waals surface area (Å²) in [6.07, 6.45) is 2.03. The van der Waals surface area contributed by atoms with Gasteiger partial charge in [-0.2, -0.15) is 0 Å². The van der Waals surface area contributed by atoms with Crippen LogP contribution in [0, 0.1) is 5.41 Å². The Morgan fingerprint density at radius 3 is 2.50 bits per heavy atom. The molecule has 1 aliphatic rings. The molecule has 1 amide bonds. The molecular formula is C22H27NO3. The molecule has 4 heteroatoms. The molecule has 2 N–H and O–H groups in total. The lowest BCUT2D eigenvalue weighted by Crippen LogP contribution is -2.25. The van der Waals surface area contributed by atoms with Crippen molar-refractivity contribution in [2.75, 3.05) is 6.61 Å². The molecule has 138 valence electrons. The third kappa shape index (κ3) is 3.85. The summed E-state index contributed by atoms with van der Waals surface area (Å²) in [4.78, 5) is 11.3. The highest BCUT2D eigenvalue weighted by atomic mass is 16.6. The Balaban J connectivity index is 1.80. The number of fused-ring (bicyclic) bond motifs is 1. The molecule has 0 fully saturated rings. The Kier molecular flexibility index (Phi) is 5.21. The van der Waals surface area contributed by atoms with E-state index in [0.717, 1.165) is 48.3 Å². The fraction of sp³-hybridized carbons (Fsp3) is 0.409. The molecule has 0 bridgehead atoms. The number of primary amides is 1. The first-order valence-electron chi connectivity index (χ1n) is 9.23. The molecule has 0 aromatic heterocycles. The Morgan fingerprint density at radius 1 is 1.15 bits per heavy atom. The number of unbranched alkanes of at least 4 members (excludes halogenated alkanes) is 1. The Bertz CT molecular complexity index is 780. The second kappa shape index (κ2) is 7.40. The summed E-state index contributed by atoms with van der Waals surface area (Å²) in [7, 11) is 0. The zero-order chi connectivity index (χ0) is 18.7. The van der Waals surface area contributed by atoms with Gasteiger partial charge in [0, 0.05) is 5.41 Å². The largest absolute Gasteiger partial charge is 0.494 e. The molecule has 0 radical (unpaired) electrons. The van der Waals surface area contributed by atoms with E-state index in [1.165, 1.54) is 5.56 Å². The number of amides is 1. The summed E-state index contributed by atoms with van der Waals surface area (Å²) in [6.45, 7) is 7.11. The lowest BCUT2D eigenvalue weighted by Gasteiger charge is -2.26. The van der Waals surface area contributed by atoms with Gasteiger partial charge in [-0.3, -0.25) is 0 Å². The van der Waals surface area contributed by atoms with Crippen LogP contribution < -0.4 is 10.5 Å². The first-order valence-corrected chi connectivity index (χ1v) is 9.23. The maximum absolute atomic E-state index is 11.3. The van der Waals surface area contributed by atoms with E-state index in [-0.39, 0.29) is 11.5 Å². The number of hydrogen-bond donors (Lipinski definition) is 1. The van der Waals surface area contributed by atoms with Crippen molar-refractivity contribution in [1.82, 2.24) is 0 Å². The van der Waals surface area contributed by atoms with Gasteiger partial charge in [0.05, 0.1) is 6.61 Å². The van der Waals surface area contributed by atoms with Gasteiger partial charge >= 0.3 is 6.09 Å². The average molecular weight is 353 g/mol. The van der Waals surface area contributed by atoms with Gasteiger partial charge in [-0.25, -0.2) is 4.79 Å². The maximum atomic E-state index is 11.3. The normalized spacial score (nSPS) is 17.6. The zero-order valence-electron chi connectivity index (χ0n) is 15.7. The van der Waals surface area contributed by atoms with Crippen LogP contribution in [0.4, 0.5) is 4.79 Å². The second-order valence-electron chi connectivity index (χ2n) is 7.62. The van der Waals surface area contributed by atoms with Crippen molar-refractivity contribution in [3.05, 3.63) is 53.6 Å². The summed E-state index contributed by atoms with van der Waals surface area (Å²) in [6, 6.07) is 14.5. The van der Waals surface area contributed by atoms with Crippen molar-refractivity contribution in [3.63, 3.8) is 0 Å². The lowest BCUT2D eigenvalue weighted by atomic mass is 9.87. The lowest BCUT2D eigenvalue weighted by molar-refractivity contribution is 0.0392. The molecule has 2 aromatic rings. The first kappa shape index (κ1) is 18.3. The predicted octanol–water partition coefficient (Wildman–Crippen LogP) is 5.25. The first-order chi connectivity index (χ1) is 12.4. The van der Waals surface area contributed by atoms with Crippen molar-refractivity contribution in [3.8, 4) is 16.9 Å². The van der Waals surface area contributed by atoms with Crippen molar-refractivity contribution < 1.29 is 14.3 Å². The molecule has 0 aliphatic heterocycles.